The largest absolute Gasteiger partial charge is 0.365 e. The molecule has 1 aliphatic rings. The highest BCUT2D eigenvalue weighted by Crippen LogP contribution is 2.43. The zero-order valence-corrected chi connectivity index (χ0v) is 11.2. The van der Waals surface area contributed by atoms with Gasteiger partial charge in [0.2, 0.25) is 0 Å². The molecule has 1 fully saturated rings. The number of aromatic nitrogens is 4. The molecule has 0 aliphatic heterocycles. The molecule has 2 heterocycles. The Labute approximate surface area is 116 Å². The van der Waals surface area contributed by atoms with Gasteiger partial charge in [-0.3, -0.25) is 0 Å². The summed E-state index contributed by atoms with van der Waals surface area (Å²) in [4.78, 5) is 15.7. The summed E-state index contributed by atoms with van der Waals surface area (Å²) >= 11 is 0. The fourth-order valence-corrected chi connectivity index (χ4v) is 2.59. The van der Waals surface area contributed by atoms with Crippen LogP contribution in [-0.2, 0) is 0 Å². The molecule has 3 aromatic rings. The van der Waals surface area contributed by atoms with Crippen molar-refractivity contribution in [2.75, 3.05) is 5.32 Å². The van der Waals surface area contributed by atoms with Gasteiger partial charge in [-0.1, -0.05) is 29.8 Å². The summed E-state index contributed by atoms with van der Waals surface area (Å²) in [5, 5.41) is 3.49. The van der Waals surface area contributed by atoms with Crippen molar-refractivity contribution in [1.82, 2.24) is 19.9 Å². The summed E-state index contributed by atoms with van der Waals surface area (Å²) in [7, 11) is 0. The van der Waals surface area contributed by atoms with Gasteiger partial charge in [0.05, 0.1) is 6.33 Å². The molecule has 2 N–H and O–H groups in total. The van der Waals surface area contributed by atoms with E-state index in [1.54, 1.807) is 12.7 Å². The summed E-state index contributed by atoms with van der Waals surface area (Å²) in [5.41, 5.74) is 4.27. The first-order valence-corrected chi connectivity index (χ1v) is 6.78. The number of nitrogens with one attached hydrogen (secondary N) is 2. The number of rotatable bonds is 3. The number of H-pyrrole nitrogens is 1. The van der Waals surface area contributed by atoms with Gasteiger partial charge in [-0.05, 0) is 18.9 Å². The zero-order valence-electron chi connectivity index (χ0n) is 11.2. The van der Waals surface area contributed by atoms with Crippen molar-refractivity contribution in [3.63, 3.8) is 0 Å². The van der Waals surface area contributed by atoms with Gasteiger partial charge in [-0.2, -0.15) is 0 Å². The van der Waals surface area contributed by atoms with E-state index in [9.17, 15) is 0 Å². The minimum atomic E-state index is 0.444. The van der Waals surface area contributed by atoms with E-state index in [1.807, 2.05) is 0 Å². The van der Waals surface area contributed by atoms with Crippen LogP contribution < -0.4 is 5.32 Å². The Morgan fingerprint density at radius 2 is 2.00 bits per heavy atom. The van der Waals surface area contributed by atoms with Gasteiger partial charge in [0.1, 0.15) is 11.8 Å². The van der Waals surface area contributed by atoms with Crippen molar-refractivity contribution in [2.24, 2.45) is 0 Å². The molecule has 5 heteroatoms. The number of benzene rings is 1. The lowest BCUT2D eigenvalue weighted by Crippen LogP contribution is -2.06. The molecule has 20 heavy (non-hydrogen) atoms. The van der Waals surface area contributed by atoms with E-state index in [-0.39, 0.29) is 0 Å². The molecular weight excluding hydrogens is 250 g/mol. The van der Waals surface area contributed by atoms with E-state index in [0.717, 1.165) is 17.8 Å². The van der Waals surface area contributed by atoms with Gasteiger partial charge in [-0.15, -0.1) is 0 Å². The molecule has 0 spiro atoms. The van der Waals surface area contributed by atoms with E-state index in [0.29, 0.717) is 17.6 Å². The van der Waals surface area contributed by atoms with Crippen LogP contribution >= 0.6 is 0 Å². The number of hydrogen-bond donors (Lipinski definition) is 2. The number of nitrogens with zero attached hydrogens (tertiary/aromatic N) is 3. The SMILES string of the molecule is Cc1ccc([C@@H]2C[C@H]2Nc2ncnc3nc[nH]c23)cc1. The standard InChI is InChI=1S/C15H15N5/c1-9-2-4-10(5-3-9)11-6-12(11)20-15-13-14(17-7-16-13)18-8-19-15/h2-5,7-8,11-12H,6H2,1H3,(H2,16,17,18,19,20)/t11-,12+/m0/s1. The summed E-state index contributed by atoms with van der Waals surface area (Å²) in [6.07, 6.45) is 4.34. The minimum Gasteiger partial charge on any atom is -0.365 e. The third-order valence-corrected chi connectivity index (χ3v) is 3.84. The van der Waals surface area contributed by atoms with Crippen molar-refractivity contribution in [3.8, 4) is 0 Å². The average Bonchev–Trinajstić information content (AvgIpc) is 3.04. The molecule has 0 bridgehead atoms. The smallest absolute Gasteiger partial charge is 0.182 e. The molecule has 0 unspecified atom stereocenters. The first-order valence-electron chi connectivity index (χ1n) is 6.78. The summed E-state index contributed by atoms with van der Waals surface area (Å²) in [6.45, 7) is 2.11. The van der Waals surface area contributed by atoms with E-state index in [4.69, 9.17) is 0 Å². The Balaban J connectivity index is 1.54. The van der Waals surface area contributed by atoms with Crippen LogP contribution in [0.3, 0.4) is 0 Å². The summed E-state index contributed by atoms with van der Waals surface area (Å²) in [6, 6.07) is 9.21. The van der Waals surface area contributed by atoms with Crippen LogP contribution in [0.15, 0.2) is 36.9 Å². The fraction of sp³-hybridized carbons (Fsp3) is 0.267. The molecule has 5 nitrogen and oxygen atoms in total. The minimum absolute atomic E-state index is 0.444. The number of anilines is 1. The van der Waals surface area contributed by atoms with Crippen LogP contribution in [0.5, 0.6) is 0 Å². The van der Waals surface area contributed by atoms with Gasteiger partial charge in [-0.25, -0.2) is 15.0 Å². The maximum atomic E-state index is 4.31. The molecule has 0 radical (unpaired) electrons. The molecule has 1 aliphatic carbocycles. The highest BCUT2D eigenvalue weighted by atomic mass is 15.1. The first kappa shape index (κ1) is 11.4. The maximum absolute atomic E-state index is 4.31. The molecule has 4 rings (SSSR count). The molecule has 1 saturated carbocycles. The lowest BCUT2D eigenvalue weighted by Gasteiger charge is -2.05. The Morgan fingerprint density at radius 1 is 1.15 bits per heavy atom. The molecule has 2 atom stereocenters. The van der Waals surface area contributed by atoms with Crippen molar-refractivity contribution < 1.29 is 0 Å². The summed E-state index contributed by atoms with van der Waals surface area (Å²) in [5.74, 6) is 1.41. The van der Waals surface area contributed by atoms with Crippen LogP contribution in [0.2, 0.25) is 0 Å². The van der Waals surface area contributed by atoms with Crippen molar-refractivity contribution >= 4 is 17.0 Å². The number of aromatic amines is 1. The molecule has 2 aromatic heterocycles. The molecule has 0 saturated heterocycles. The van der Waals surface area contributed by atoms with E-state index in [1.165, 1.54) is 11.1 Å². The maximum Gasteiger partial charge on any atom is 0.182 e. The number of hydrogen-bond acceptors (Lipinski definition) is 4. The van der Waals surface area contributed by atoms with Crippen molar-refractivity contribution in [1.29, 1.82) is 0 Å². The van der Waals surface area contributed by atoms with Crippen LogP contribution in [0.25, 0.3) is 11.2 Å². The van der Waals surface area contributed by atoms with E-state index >= 15 is 0 Å². The zero-order chi connectivity index (χ0) is 13.5. The second kappa shape index (κ2) is 4.30. The Morgan fingerprint density at radius 3 is 2.85 bits per heavy atom. The van der Waals surface area contributed by atoms with E-state index < -0.39 is 0 Å². The normalized spacial score (nSPS) is 21.1. The Bertz CT molecular complexity index is 746. The van der Waals surface area contributed by atoms with Gasteiger partial charge in [0.15, 0.2) is 11.5 Å². The van der Waals surface area contributed by atoms with Crippen LogP contribution in [0, 0.1) is 6.92 Å². The lowest BCUT2D eigenvalue weighted by atomic mass is 10.1. The molecule has 100 valence electrons. The number of fused-ring (bicyclic) bond motifs is 1. The number of imidazole rings is 1. The van der Waals surface area contributed by atoms with Crippen LogP contribution in [0.1, 0.15) is 23.5 Å². The monoisotopic (exact) mass is 265 g/mol. The van der Waals surface area contributed by atoms with Gasteiger partial charge >= 0.3 is 0 Å². The number of aryl methyl sites for hydroxylation is 1. The highest BCUT2D eigenvalue weighted by Gasteiger charge is 2.38. The van der Waals surface area contributed by atoms with Gasteiger partial charge in [0.25, 0.3) is 0 Å². The third kappa shape index (κ3) is 1.91. The molecule has 0 amide bonds. The highest BCUT2D eigenvalue weighted by molar-refractivity contribution is 5.82. The van der Waals surface area contributed by atoms with Crippen LogP contribution in [-0.4, -0.2) is 26.0 Å². The topological polar surface area (TPSA) is 66.5 Å². The molecular formula is C15H15N5. The second-order valence-electron chi connectivity index (χ2n) is 5.33. The van der Waals surface area contributed by atoms with Gasteiger partial charge in [0, 0.05) is 12.0 Å². The van der Waals surface area contributed by atoms with Gasteiger partial charge < -0.3 is 10.3 Å². The Kier molecular flexibility index (Phi) is 2.45. The summed E-state index contributed by atoms with van der Waals surface area (Å²) < 4.78 is 0. The quantitative estimate of drug-likeness (QED) is 0.764. The first-order chi connectivity index (χ1) is 9.81. The predicted octanol–water partition coefficient (Wildman–Crippen LogP) is 2.63. The fourth-order valence-electron chi connectivity index (χ4n) is 2.59. The van der Waals surface area contributed by atoms with Crippen molar-refractivity contribution in [3.05, 3.63) is 48.0 Å². The lowest BCUT2D eigenvalue weighted by molar-refractivity contribution is 1.03. The second-order valence-corrected chi connectivity index (χ2v) is 5.33. The molecule has 1 aromatic carbocycles. The Hall–Kier alpha value is -2.43. The van der Waals surface area contributed by atoms with Crippen molar-refractivity contribution in [2.45, 2.75) is 25.3 Å². The van der Waals surface area contributed by atoms with E-state index in [2.05, 4.69) is 56.4 Å². The third-order valence-electron chi connectivity index (χ3n) is 3.84. The average molecular weight is 265 g/mol. The van der Waals surface area contributed by atoms with Crippen LogP contribution in [0.4, 0.5) is 5.82 Å². The predicted molar refractivity (Wildman–Crippen MR) is 77.6 cm³/mol.